The van der Waals surface area contributed by atoms with Crippen LogP contribution in [0.1, 0.15) is 79.4 Å². The first-order valence-corrected chi connectivity index (χ1v) is 23.9. The van der Waals surface area contributed by atoms with Crippen molar-refractivity contribution in [2.24, 2.45) is 5.41 Å². The Hall–Kier alpha value is -5.53. The molecule has 2 aromatic carbocycles. The normalized spacial score (nSPS) is 21.3. The molecule has 19 heteroatoms. The number of aromatic nitrogens is 2. The quantitative estimate of drug-likeness (QED) is 0.0578. The topological polar surface area (TPSA) is 196 Å². The molecule has 2 saturated heterocycles. The number of benzene rings is 2. The number of amides is 5. The predicted molar refractivity (Wildman–Crippen MR) is 247 cm³/mol. The van der Waals surface area contributed by atoms with Crippen molar-refractivity contribution in [1.82, 2.24) is 35.7 Å². The van der Waals surface area contributed by atoms with Crippen LogP contribution < -0.4 is 31.3 Å². The van der Waals surface area contributed by atoms with E-state index in [9.17, 15) is 28.4 Å². The van der Waals surface area contributed by atoms with Crippen molar-refractivity contribution in [2.75, 3.05) is 56.6 Å². The molecule has 5 heterocycles. The summed E-state index contributed by atoms with van der Waals surface area (Å²) in [6.45, 7) is 4.66. The highest BCUT2D eigenvalue weighted by atomic mass is 35.5. The Bertz CT molecular complexity index is 2380. The minimum Gasteiger partial charge on any atom is -0.487 e. The molecule has 3 fully saturated rings. The van der Waals surface area contributed by atoms with Gasteiger partial charge in [-0.05, 0) is 81.3 Å². The molecule has 4 aromatic rings. The summed E-state index contributed by atoms with van der Waals surface area (Å²) < 4.78 is 26.7. The number of anilines is 3. The van der Waals surface area contributed by atoms with E-state index in [2.05, 4.69) is 36.5 Å². The number of hydrogen-bond donors (Lipinski definition) is 5. The molecule has 8 rings (SSSR count). The number of halogens is 2. The summed E-state index contributed by atoms with van der Waals surface area (Å²) >= 11 is 7.50. The summed E-state index contributed by atoms with van der Waals surface area (Å²) in [6, 6.07) is 14.9. The molecular formula is C47H55ClFN9O7S. The Morgan fingerprint density at radius 1 is 0.970 bits per heavy atom. The zero-order valence-corrected chi connectivity index (χ0v) is 38.2. The summed E-state index contributed by atoms with van der Waals surface area (Å²) in [7, 11) is 0. The third-order valence-electron chi connectivity index (χ3n) is 12.9. The van der Waals surface area contributed by atoms with E-state index in [1.165, 1.54) is 22.3 Å². The molecule has 2 aromatic heterocycles. The minimum atomic E-state index is -0.725. The summed E-state index contributed by atoms with van der Waals surface area (Å²) in [6.07, 6.45) is 6.50. The van der Waals surface area contributed by atoms with Crippen LogP contribution in [0.25, 0.3) is 0 Å². The number of fused-ring (bicyclic) bond motifs is 1. The van der Waals surface area contributed by atoms with Gasteiger partial charge in [0, 0.05) is 98.7 Å². The van der Waals surface area contributed by atoms with Crippen molar-refractivity contribution in [3.8, 4) is 5.75 Å². The van der Waals surface area contributed by atoms with E-state index in [-0.39, 0.29) is 72.4 Å². The van der Waals surface area contributed by atoms with Gasteiger partial charge in [-0.1, -0.05) is 29.8 Å². The van der Waals surface area contributed by atoms with Crippen LogP contribution >= 0.6 is 22.9 Å². The molecule has 0 bridgehead atoms. The Morgan fingerprint density at radius 3 is 2.56 bits per heavy atom. The van der Waals surface area contributed by atoms with Crippen LogP contribution in [0.2, 0.25) is 5.02 Å². The average Bonchev–Trinajstić information content (AvgIpc) is 3.95. The highest BCUT2D eigenvalue weighted by molar-refractivity contribution is 7.13. The smallest absolute Gasteiger partial charge is 0.255 e. The number of imide groups is 1. The van der Waals surface area contributed by atoms with Crippen molar-refractivity contribution >= 4 is 69.1 Å². The molecule has 4 aliphatic rings. The Balaban J connectivity index is 0.740. The fourth-order valence-corrected chi connectivity index (χ4v) is 9.91. The van der Waals surface area contributed by atoms with Crippen LogP contribution in [-0.4, -0.2) is 113 Å². The van der Waals surface area contributed by atoms with E-state index in [0.29, 0.717) is 81.0 Å². The Kier molecular flexibility index (Phi) is 15.6. The fourth-order valence-electron chi connectivity index (χ4n) is 9.21. The number of ether oxygens (including phenoxy) is 2. The van der Waals surface area contributed by atoms with Gasteiger partial charge in [-0.25, -0.2) is 14.4 Å². The largest absolute Gasteiger partial charge is 0.487 e. The van der Waals surface area contributed by atoms with E-state index in [1.807, 2.05) is 23.6 Å². The molecule has 3 aliphatic heterocycles. The number of thiazole rings is 1. The molecule has 1 unspecified atom stereocenters. The molecule has 0 spiro atoms. The lowest BCUT2D eigenvalue weighted by Gasteiger charge is -2.41. The van der Waals surface area contributed by atoms with Crippen molar-refractivity contribution < 1.29 is 37.8 Å². The van der Waals surface area contributed by atoms with Gasteiger partial charge in [0.1, 0.15) is 11.9 Å². The van der Waals surface area contributed by atoms with Crippen molar-refractivity contribution in [3.05, 3.63) is 93.8 Å². The van der Waals surface area contributed by atoms with Gasteiger partial charge in [-0.3, -0.25) is 29.3 Å². The number of hydrogen-bond acceptors (Lipinski definition) is 13. The maximum atomic E-state index is 14.7. The third kappa shape index (κ3) is 11.7. The standard InChI is InChI=1S/C47H55ClFN9O7S/c48-35-6-3-8-38(42(35)49)65-32-12-17-47(18-13-32,28-31-4-1-9-39(52-31)55-46-51-21-27-66-46)45(63)53-30-15-22-57(23-16-30)24-26-64-25-20-50-19-14-41(60)54-36-7-2-5-33-34(36)29-58(44(33)62)37-10-11-40(59)56-43(37)61/h1-9,21,27,30,32,37,50H,10-20,22-26,28-29H2,(H,53,63)(H,54,60)(H,51,52,55)(H,56,59,61)/t32-,37?,47-. The molecule has 1 aliphatic carbocycles. The van der Waals surface area contributed by atoms with Gasteiger partial charge in [0.2, 0.25) is 23.6 Å². The van der Waals surface area contributed by atoms with Crippen LogP contribution in [0.4, 0.5) is 21.0 Å². The second-order valence-corrected chi connectivity index (χ2v) is 18.6. The van der Waals surface area contributed by atoms with E-state index in [0.717, 1.165) is 43.3 Å². The van der Waals surface area contributed by atoms with Crippen LogP contribution in [0.3, 0.4) is 0 Å². The maximum Gasteiger partial charge on any atom is 0.255 e. The first-order valence-electron chi connectivity index (χ1n) is 22.6. The number of piperidine rings is 2. The monoisotopic (exact) mass is 943 g/mol. The van der Waals surface area contributed by atoms with Gasteiger partial charge in [0.05, 0.1) is 29.8 Å². The van der Waals surface area contributed by atoms with Gasteiger partial charge >= 0.3 is 0 Å². The van der Waals surface area contributed by atoms with E-state index in [4.69, 9.17) is 26.1 Å². The van der Waals surface area contributed by atoms with Crippen LogP contribution in [0.5, 0.6) is 5.75 Å². The van der Waals surface area contributed by atoms with Crippen molar-refractivity contribution in [3.63, 3.8) is 0 Å². The first kappa shape index (κ1) is 47.0. The molecule has 350 valence electrons. The lowest BCUT2D eigenvalue weighted by molar-refractivity contribution is -0.137. The number of carbonyl (C=O) groups is 5. The number of likely N-dealkylation sites (tertiary alicyclic amines) is 1. The van der Waals surface area contributed by atoms with E-state index in [1.54, 1.807) is 36.5 Å². The SMILES string of the molecule is O=C1CCC(N2Cc3c(NC(=O)CCNCCOCCN4CCC(NC(=O)[C@]5(Cc6cccc(Nc7nccs7)n6)CC[C@@H](Oc6cccc(Cl)c6F)CC5)CC4)cccc3C2=O)C(=O)N1. The third-order valence-corrected chi connectivity index (χ3v) is 13.8. The molecule has 66 heavy (non-hydrogen) atoms. The molecular weight excluding hydrogens is 889 g/mol. The van der Waals surface area contributed by atoms with Gasteiger partial charge in [-0.15, -0.1) is 11.3 Å². The van der Waals surface area contributed by atoms with Crippen LogP contribution in [-0.2, 0) is 36.9 Å². The second-order valence-electron chi connectivity index (χ2n) is 17.3. The lowest BCUT2D eigenvalue weighted by Crippen LogP contribution is -2.52. The number of rotatable bonds is 19. The summed E-state index contributed by atoms with van der Waals surface area (Å²) in [5.74, 6) is -1.09. The second kappa shape index (κ2) is 21.8. The molecule has 1 atom stereocenters. The number of carbonyl (C=O) groups excluding carboxylic acids is 5. The van der Waals surface area contributed by atoms with Gasteiger partial charge < -0.3 is 40.5 Å². The molecule has 1 saturated carbocycles. The minimum absolute atomic E-state index is 0.0109. The van der Waals surface area contributed by atoms with Crippen molar-refractivity contribution in [2.45, 2.75) is 88.9 Å². The van der Waals surface area contributed by atoms with Crippen LogP contribution in [0.15, 0.2) is 66.2 Å². The van der Waals surface area contributed by atoms with Gasteiger partial charge in [0.25, 0.3) is 5.91 Å². The van der Waals surface area contributed by atoms with Gasteiger partial charge in [0.15, 0.2) is 16.7 Å². The maximum absolute atomic E-state index is 14.7. The van der Waals surface area contributed by atoms with E-state index >= 15 is 0 Å². The summed E-state index contributed by atoms with van der Waals surface area (Å²) in [4.78, 5) is 77.3. The fraction of sp³-hybridized carbons (Fsp3) is 0.468. The zero-order valence-electron chi connectivity index (χ0n) is 36.6. The zero-order chi connectivity index (χ0) is 46.0. The summed E-state index contributed by atoms with van der Waals surface area (Å²) in [5, 5.41) is 17.8. The number of pyridine rings is 1. The van der Waals surface area contributed by atoms with Gasteiger partial charge in [-0.2, -0.15) is 0 Å². The molecule has 5 amide bonds. The number of nitrogens with zero attached hydrogens (tertiary/aromatic N) is 4. The van der Waals surface area contributed by atoms with E-state index < -0.39 is 23.2 Å². The first-order chi connectivity index (χ1) is 32.0. The Morgan fingerprint density at radius 2 is 1.77 bits per heavy atom. The molecule has 0 radical (unpaired) electrons. The lowest BCUT2D eigenvalue weighted by atomic mass is 9.69. The Labute approximate surface area is 391 Å². The molecule has 5 N–H and O–H groups in total. The average molecular weight is 945 g/mol. The highest BCUT2D eigenvalue weighted by Gasteiger charge is 2.44. The predicted octanol–water partition coefficient (Wildman–Crippen LogP) is 5.60. The van der Waals surface area contributed by atoms with Crippen LogP contribution in [0, 0.1) is 11.2 Å². The van der Waals surface area contributed by atoms with Crippen molar-refractivity contribution in [1.29, 1.82) is 0 Å². The molecule has 16 nitrogen and oxygen atoms in total. The number of nitrogens with one attached hydrogen (secondary N) is 5. The highest BCUT2D eigenvalue weighted by Crippen LogP contribution is 2.42. The summed E-state index contributed by atoms with van der Waals surface area (Å²) in [5.41, 5.74) is 1.73.